The second-order valence-electron chi connectivity index (χ2n) is 9.70. The average Bonchev–Trinajstić information content (AvgIpc) is 2.83. The molecule has 1 heterocycles. The Hall–Kier alpha value is -3.81. The molecule has 4 rings (SSSR count). The van der Waals surface area contributed by atoms with Crippen LogP contribution in [0.15, 0.2) is 81.1 Å². The lowest BCUT2D eigenvalue weighted by molar-refractivity contribution is -0.118. The zero-order valence-electron chi connectivity index (χ0n) is 20.7. The van der Waals surface area contributed by atoms with Crippen molar-refractivity contribution in [1.82, 2.24) is 0 Å². The fraction of sp³-hybridized carbons (Fsp3) is 0.296. The van der Waals surface area contributed by atoms with E-state index in [0.717, 1.165) is 0 Å². The number of carbonyl (C=O) groups excluding carboxylic acids is 1. The van der Waals surface area contributed by atoms with Crippen LogP contribution >= 0.6 is 0 Å². The third-order valence-electron chi connectivity index (χ3n) is 6.36. The van der Waals surface area contributed by atoms with Gasteiger partial charge < -0.3 is 4.74 Å². The molecule has 0 saturated heterocycles. The van der Waals surface area contributed by atoms with Crippen LogP contribution in [0.2, 0.25) is 0 Å². The van der Waals surface area contributed by atoms with Gasteiger partial charge in [0.15, 0.2) is 18.0 Å². The lowest BCUT2D eigenvalue weighted by Crippen LogP contribution is -2.39. The zero-order valence-corrected chi connectivity index (χ0v) is 21.5. The summed E-state index contributed by atoms with van der Waals surface area (Å²) in [5, 5.41) is 15.6. The summed E-state index contributed by atoms with van der Waals surface area (Å²) in [6.07, 6.45) is 1.99. The van der Waals surface area contributed by atoms with Crippen LogP contribution in [0.1, 0.15) is 45.1 Å². The van der Waals surface area contributed by atoms with E-state index in [0.29, 0.717) is 35.5 Å². The van der Waals surface area contributed by atoms with Crippen molar-refractivity contribution in [3.05, 3.63) is 82.6 Å². The number of anilines is 1. The highest BCUT2D eigenvalue weighted by atomic mass is 32.2. The Balaban J connectivity index is 2.02. The zero-order chi connectivity index (χ0) is 27.0. The number of sulfonamides is 1. The predicted octanol–water partition coefficient (Wildman–Crippen LogP) is 4.52. The summed E-state index contributed by atoms with van der Waals surface area (Å²) in [4.78, 5) is 19.8. The number of Topliss-reactive ketones (excluding diaryl/α,β-unsaturated/α-hetero) is 1. The van der Waals surface area contributed by atoms with Gasteiger partial charge in [-0.15, -0.1) is 0 Å². The second-order valence-corrected chi connectivity index (χ2v) is 11.3. The minimum Gasteiger partial charge on any atom is -0.483 e. The molecule has 192 valence electrons. The first kappa shape index (κ1) is 26.3. The highest BCUT2D eigenvalue weighted by molar-refractivity contribution is 7.89. The monoisotopic (exact) mass is 522 g/mol. The third-order valence-corrected chi connectivity index (χ3v) is 7.29. The number of allylic oxidation sites excluding steroid dienone is 3. The maximum atomic E-state index is 13.8. The van der Waals surface area contributed by atoms with E-state index in [1.807, 2.05) is 13.8 Å². The molecule has 1 aliphatic carbocycles. The van der Waals surface area contributed by atoms with E-state index in [2.05, 4.69) is 11.1 Å². The number of ketones is 1. The van der Waals surface area contributed by atoms with Crippen molar-refractivity contribution in [3.63, 3.8) is 0 Å². The van der Waals surface area contributed by atoms with Gasteiger partial charge in [-0.05, 0) is 60.7 Å². The lowest BCUT2D eigenvalue weighted by Gasteiger charge is -2.43. The van der Waals surface area contributed by atoms with Gasteiger partial charge in [0.05, 0.1) is 29.1 Å². The molecule has 1 unspecified atom stereocenters. The van der Waals surface area contributed by atoms with Crippen molar-refractivity contribution >= 4 is 27.9 Å². The van der Waals surface area contributed by atoms with E-state index < -0.39 is 21.8 Å². The smallest absolute Gasteiger partial charge is 0.238 e. The SMILES string of the molecule is CCO/C=N/C1=C(C#N)C(c2ccc(F)cc2)C2=C(CC(C)(C)CC2=O)N1c1ccc(S(N)(=O)=O)cc1. The van der Waals surface area contributed by atoms with Crippen LogP contribution in [0, 0.1) is 22.6 Å². The molecule has 2 aromatic rings. The number of rotatable bonds is 6. The number of nitrogens with two attached hydrogens (primary N) is 1. The molecule has 0 saturated carbocycles. The van der Waals surface area contributed by atoms with E-state index in [4.69, 9.17) is 9.88 Å². The number of primary sulfonamides is 1. The van der Waals surface area contributed by atoms with E-state index in [9.17, 15) is 22.9 Å². The summed E-state index contributed by atoms with van der Waals surface area (Å²) in [6, 6.07) is 13.8. The average molecular weight is 523 g/mol. The minimum atomic E-state index is -3.93. The second kappa shape index (κ2) is 9.92. The summed E-state index contributed by atoms with van der Waals surface area (Å²) in [7, 11) is -3.93. The molecule has 0 spiro atoms. The Morgan fingerprint density at radius 1 is 1.19 bits per heavy atom. The third kappa shape index (κ3) is 5.19. The van der Waals surface area contributed by atoms with Crippen LogP contribution < -0.4 is 10.0 Å². The predicted molar refractivity (Wildman–Crippen MR) is 137 cm³/mol. The number of halogens is 1. The number of carbonyl (C=O) groups is 1. The summed E-state index contributed by atoms with van der Waals surface area (Å²) >= 11 is 0. The van der Waals surface area contributed by atoms with Crippen molar-refractivity contribution in [2.24, 2.45) is 15.5 Å². The van der Waals surface area contributed by atoms with Gasteiger partial charge in [0, 0.05) is 23.4 Å². The molecular weight excluding hydrogens is 495 g/mol. The number of nitriles is 1. The molecule has 10 heteroatoms. The van der Waals surface area contributed by atoms with Crippen LogP contribution in [0.3, 0.4) is 0 Å². The topological polar surface area (TPSA) is 126 Å². The molecule has 0 aromatic heterocycles. The first-order valence-corrected chi connectivity index (χ1v) is 13.2. The molecule has 0 bridgehead atoms. The minimum absolute atomic E-state index is 0.0736. The maximum absolute atomic E-state index is 13.8. The van der Waals surface area contributed by atoms with Crippen molar-refractivity contribution in [2.75, 3.05) is 11.5 Å². The van der Waals surface area contributed by atoms with E-state index in [-0.39, 0.29) is 33.9 Å². The van der Waals surface area contributed by atoms with Gasteiger partial charge in [-0.2, -0.15) is 5.26 Å². The Morgan fingerprint density at radius 2 is 1.84 bits per heavy atom. The highest BCUT2D eigenvalue weighted by Gasteiger charge is 2.45. The Morgan fingerprint density at radius 3 is 2.41 bits per heavy atom. The Kier molecular flexibility index (Phi) is 7.04. The summed E-state index contributed by atoms with van der Waals surface area (Å²) in [5.41, 5.74) is 1.96. The number of ether oxygens (including phenoxy) is 1. The molecule has 0 radical (unpaired) electrons. The molecule has 37 heavy (non-hydrogen) atoms. The summed E-state index contributed by atoms with van der Waals surface area (Å²) in [6.45, 7) is 6.11. The normalized spacial score (nSPS) is 19.7. The molecule has 1 aliphatic heterocycles. The van der Waals surface area contributed by atoms with Gasteiger partial charge in [0.2, 0.25) is 10.0 Å². The van der Waals surface area contributed by atoms with Crippen molar-refractivity contribution < 1.29 is 22.3 Å². The highest BCUT2D eigenvalue weighted by Crippen LogP contribution is 2.51. The van der Waals surface area contributed by atoms with Crippen LogP contribution in [0.5, 0.6) is 0 Å². The molecule has 8 nitrogen and oxygen atoms in total. The van der Waals surface area contributed by atoms with Crippen molar-refractivity contribution in [2.45, 2.75) is 44.4 Å². The summed E-state index contributed by atoms with van der Waals surface area (Å²) in [5.74, 6) is -1.07. The van der Waals surface area contributed by atoms with Gasteiger partial charge in [0.25, 0.3) is 0 Å². The van der Waals surface area contributed by atoms with E-state index in [1.54, 1.807) is 36.1 Å². The van der Waals surface area contributed by atoms with Crippen molar-refractivity contribution in [1.29, 1.82) is 5.26 Å². The van der Waals surface area contributed by atoms with Gasteiger partial charge in [-0.3, -0.25) is 9.69 Å². The van der Waals surface area contributed by atoms with Gasteiger partial charge in [0.1, 0.15) is 5.82 Å². The lowest BCUT2D eigenvalue weighted by atomic mass is 9.68. The molecular formula is C27H27FN4O4S. The molecule has 2 aromatic carbocycles. The number of hydrogen-bond donors (Lipinski definition) is 1. The number of benzene rings is 2. The largest absolute Gasteiger partial charge is 0.483 e. The molecule has 0 amide bonds. The quantitative estimate of drug-likeness (QED) is 0.439. The Labute approximate surface area is 215 Å². The van der Waals surface area contributed by atoms with Crippen LogP contribution in [-0.2, 0) is 19.6 Å². The van der Waals surface area contributed by atoms with Crippen LogP contribution in [0.25, 0.3) is 0 Å². The summed E-state index contributed by atoms with van der Waals surface area (Å²) < 4.78 is 42.8. The first-order valence-electron chi connectivity index (χ1n) is 11.7. The fourth-order valence-corrected chi connectivity index (χ4v) is 5.32. The van der Waals surface area contributed by atoms with Crippen molar-refractivity contribution in [3.8, 4) is 6.07 Å². The maximum Gasteiger partial charge on any atom is 0.238 e. The standard InChI is InChI=1S/C27H27FN4O4S/c1-4-36-16-31-26-21(15-29)24(17-5-7-18(28)8-6-17)25-22(13-27(2,3)14-23(25)33)32(26)19-9-11-20(12-10-19)37(30,34)35/h5-12,16,24H,4,13-14H2,1-3H3,(H2,30,34,35)/b31-16+. The molecule has 0 fully saturated rings. The van der Waals surface area contributed by atoms with E-state index >= 15 is 0 Å². The van der Waals surface area contributed by atoms with Gasteiger partial charge in [-0.25, -0.2) is 22.9 Å². The fourth-order valence-electron chi connectivity index (χ4n) is 4.81. The number of aliphatic imine (C=N–C) groups is 1. The van der Waals surface area contributed by atoms with Gasteiger partial charge in [-0.1, -0.05) is 26.0 Å². The molecule has 1 atom stereocenters. The number of hydrogen-bond acceptors (Lipinski definition) is 7. The Bertz CT molecular complexity index is 1470. The van der Waals surface area contributed by atoms with Crippen LogP contribution in [-0.4, -0.2) is 27.2 Å². The van der Waals surface area contributed by atoms with E-state index in [1.165, 1.54) is 30.7 Å². The first-order chi connectivity index (χ1) is 17.5. The van der Waals surface area contributed by atoms with Gasteiger partial charge >= 0.3 is 0 Å². The number of nitrogens with zero attached hydrogens (tertiary/aromatic N) is 3. The molecule has 2 aliphatic rings. The molecule has 2 N–H and O–H groups in total. The van der Waals surface area contributed by atoms with Crippen LogP contribution in [0.4, 0.5) is 10.1 Å².